The Labute approximate surface area is 129 Å². The zero-order valence-electron chi connectivity index (χ0n) is 11.1. The lowest BCUT2D eigenvalue weighted by atomic mass is 10.1. The van der Waals surface area contributed by atoms with Crippen molar-refractivity contribution in [3.8, 4) is 0 Å². The maximum absolute atomic E-state index is 12.1. The molecule has 1 heterocycles. The van der Waals surface area contributed by atoms with Gasteiger partial charge in [0.05, 0.1) is 0 Å². The predicted octanol–water partition coefficient (Wildman–Crippen LogP) is 2.62. The van der Waals surface area contributed by atoms with Gasteiger partial charge in [0, 0.05) is 36.6 Å². The van der Waals surface area contributed by atoms with E-state index in [0.29, 0.717) is 12.5 Å². The van der Waals surface area contributed by atoms with Gasteiger partial charge < -0.3 is 10.2 Å². The molecule has 2 rings (SSSR count). The average molecular weight is 348 g/mol. The molecule has 1 amide bonds. The van der Waals surface area contributed by atoms with Gasteiger partial charge >= 0.3 is 0 Å². The van der Waals surface area contributed by atoms with Crippen molar-refractivity contribution >= 4 is 34.2 Å². The van der Waals surface area contributed by atoms with Crippen molar-refractivity contribution < 1.29 is 4.79 Å². The van der Waals surface area contributed by atoms with Crippen LogP contribution in [0.2, 0.25) is 0 Å². The second kappa shape index (κ2) is 7.88. The Bertz CT molecular complexity index is 410. The number of nitrogens with one attached hydrogen (secondary N) is 1. The van der Waals surface area contributed by atoms with Crippen molar-refractivity contribution in [2.45, 2.75) is 25.8 Å². The van der Waals surface area contributed by atoms with Gasteiger partial charge in [0.15, 0.2) is 0 Å². The van der Waals surface area contributed by atoms with Crippen LogP contribution in [0.3, 0.4) is 0 Å². The van der Waals surface area contributed by atoms with Gasteiger partial charge in [-0.15, -0.1) is 12.4 Å². The summed E-state index contributed by atoms with van der Waals surface area (Å²) >= 11 is 3.41. The molecule has 1 N–H and O–H groups in total. The molecule has 1 unspecified atom stereocenters. The molecule has 1 aromatic rings. The molecule has 1 fully saturated rings. The number of halogens is 2. The van der Waals surface area contributed by atoms with Crippen LogP contribution in [0, 0.1) is 0 Å². The zero-order valence-corrected chi connectivity index (χ0v) is 13.5. The molecule has 1 aliphatic heterocycles. The number of amides is 1. The van der Waals surface area contributed by atoms with Gasteiger partial charge in [0.1, 0.15) is 0 Å². The Morgan fingerprint density at radius 1 is 1.42 bits per heavy atom. The molecular weight excluding hydrogens is 328 g/mol. The molecular formula is C14H20BrClN2O. The molecule has 0 aliphatic carbocycles. The highest BCUT2D eigenvalue weighted by molar-refractivity contribution is 9.10. The Morgan fingerprint density at radius 3 is 2.74 bits per heavy atom. The normalized spacial score (nSPS) is 18.8. The lowest BCUT2D eigenvalue weighted by Crippen LogP contribution is -2.51. The standard InChI is InChI=1S/C14H19BrN2O.ClH/c1-11-10-17(9-8-16-11)14(18)7-4-12-2-5-13(15)6-3-12;/h2-3,5-6,11,16H,4,7-10H2,1H3;1H. The fourth-order valence-corrected chi connectivity index (χ4v) is 2.48. The van der Waals surface area contributed by atoms with Crippen LogP contribution in [0.25, 0.3) is 0 Å². The molecule has 0 saturated carbocycles. The van der Waals surface area contributed by atoms with Crippen molar-refractivity contribution in [1.29, 1.82) is 0 Å². The van der Waals surface area contributed by atoms with E-state index in [2.05, 4.69) is 40.3 Å². The number of benzene rings is 1. The smallest absolute Gasteiger partial charge is 0.222 e. The number of carbonyl (C=O) groups excluding carboxylic acids is 1. The van der Waals surface area contributed by atoms with E-state index in [0.717, 1.165) is 30.5 Å². The number of piperazine rings is 1. The fourth-order valence-electron chi connectivity index (χ4n) is 2.22. The summed E-state index contributed by atoms with van der Waals surface area (Å²) in [5, 5.41) is 3.35. The van der Waals surface area contributed by atoms with Gasteiger partial charge in [0.2, 0.25) is 5.91 Å². The summed E-state index contributed by atoms with van der Waals surface area (Å²) in [5.41, 5.74) is 1.22. The highest BCUT2D eigenvalue weighted by Crippen LogP contribution is 2.12. The molecule has 0 aromatic heterocycles. The van der Waals surface area contributed by atoms with Crippen LogP contribution in [0.15, 0.2) is 28.7 Å². The third kappa shape index (κ3) is 5.13. The molecule has 1 saturated heterocycles. The molecule has 0 bridgehead atoms. The SMILES string of the molecule is CC1CN(C(=O)CCc2ccc(Br)cc2)CCN1.Cl. The van der Waals surface area contributed by atoms with Crippen LogP contribution < -0.4 is 5.32 Å². The number of carbonyl (C=O) groups is 1. The Hall–Kier alpha value is -0.580. The van der Waals surface area contributed by atoms with Gasteiger partial charge in [-0.2, -0.15) is 0 Å². The summed E-state index contributed by atoms with van der Waals surface area (Å²) in [5.74, 6) is 0.270. The Balaban J connectivity index is 0.00000180. The molecule has 3 nitrogen and oxygen atoms in total. The number of hydrogen-bond acceptors (Lipinski definition) is 2. The maximum Gasteiger partial charge on any atom is 0.222 e. The van der Waals surface area contributed by atoms with Crippen molar-refractivity contribution in [2.75, 3.05) is 19.6 Å². The second-order valence-corrected chi connectivity index (χ2v) is 5.74. The molecule has 0 spiro atoms. The van der Waals surface area contributed by atoms with Crippen molar-refractivity contribution in [3.05, 3.63) is 34.3 Å². The van der Waals surface area contributed by atoms with Crippen LogP contribution in [0.1, 0.15) is 18.9 Å². The van der Waals surface area contributed by atoms with Gasteiger partial charge in [-0.1, -0.05) is 28.1 Å². The minimum absolute atomic E-state index is 0. The summed E-state index contributed by atoms with van der Waals surface area (Å²) in [6, 6.07) is 8.59. The number of aryl methyl sites for hydroxylation is 1. The van der Waals surface area contributed by atoms with Crippen LogP contribution in [0.4, 0.5) is 0 Å². The zero-order chi connectivity index (χ0) is 13.0. The molecule has 1 atom stereocenters. The third-order valence-electron chi connectivity index (χ3n) is 3.26. The summed E-state index contributed by atoms with van der Waals surface area (Å²) in [7, 11) is 0. The number of hydrogen-bond donors (Lipinski definition) is 1. The molecule has 106 valence electrons. The van der Waals surface area contributed by atoms with Crippen molar-refractivity contribution in [2.24, 2.45) is 0 Å². The first-order chi connectivity index (χ1) is 8.65. The third-order valence-corrected chi connectivity index (χ3v) is 3.79. The van der Waals surface area contributed by atoms with Crippen LogP contribution in [-0.2, 0) is 11.2 Å². The lowest BCUT2D eigenvalue weighted by molar-refractivity contribution is -0.132. The van der Waals surface area contributed by atoms with E-state index in [1.807, 2.05) is 17.0 Å². The van der Waals surface area contributed by atoms with Gasteiger partial charge in [-0.25, -0.2) is 0 Å². The van der Waals surface area contributed by atoms with E-state index in [1.54, 1.807) is 0 Å². The highest BCUT2D eigenvalue weighted by Gasteiger charge is 2.19. The first-order valence-electron chi connectivity index (χ1n) is 6.41. The minimum Gasteiger partial charge on any atom is -0.340 e. The van der Waals surface area contributed by atoms with Crippen LogP contribution >= 0.6 is 28.3 Å². The largest absolute Gasteiger partial charge is 0.340 e. The summed E-state index contributed by atoms with van der Waals surface area (Å²) < 4.78 is 1.08. The first-order valence-corrected chi connectivity index (χ1v) is 7.20. The van der Waals surface area contributed by atoms with E-state index >= 15 is 0 Å². The quantitative estimate of drug-likeness (QED) is 0.911. The monoisotopic (exact) mass is 346 g/mol. The summed E-state index contributed by atoms with van der Waals surface area (Å²) in [4.78, 5) is 14.0. The first kappa shape index (κ1) is 16.5. The summed E-state index contributed by atoms with van der Waals surface area (Å²) in [6.45, 7) is 4.70. The fraction of sp³-hybridized carbons (Fsp3) is 0.500. The maximum atomic E-state index is 12.1. The van der Waals surface area contributed by atoms with Gasteiger partial charge in [-0.05, 0) is 31.0 Å². The predicted molar refractivity (Wildman–Crippen MR) is 83.8 cm³/mol. The van der Waals surface area contributed by atoms with E-state index in [4.69, 9.17) is 0 Å². The van der Waals surface area contributed by atoms with E-state index < -0.39 is 0 Å². The molecule has 1 aromatic carbocycles. The summed E-state index contributed by atoms with van der Waals surface area (Å²) in [6.07, 6.45) is 1.43. The topological polar surface area (TPSA) is 32.3 Å². The van der Waals surface area contributed by atoms with Crippen LogP contribution in [-0.4, -0.2) is 36.5 Å². The number of rotatable bonds is 3. The lowest BCUT2D eigenvalue weighted by Gasteiger charge is -2.32. The molecule has 19 heavy (non-hydrogen) atoms. The molecule has 0 radical (unpaired) electrons. The van der Waals surface area contributed by atoms with Crippen LogP contribution in [0.5, 0.6) is 0 Å². The van der Waals surface area contributed by atoms with E-state index in [-0.39, 0.29) is 18.3 Å². The van der Waals surface area contributed by atoms with E-state index in [1.165, 1.54) is 5.56 Å². The van der Waals surface area contributed by atoms with Gasteiger partial charge in [0.25, 0.3) is 0 Å². The van der Waals surface area contributed by atoms with Crippen molar-refractivity contribution in [1.82, 2.24) is 10.2 Å². The van der Waals surface area contributed by atoms with Crippen molar-refractivity contribution in [3.63, 3.8) is 0 Å². The van der Waals surface area contributed by atoms with Gasteiger partial charge in [-0.3, -0.25) is 4.79 Å². The molecule has 5 heteroatoms. The Kier molecular flexibility index (Phi) is 6.83. The number of nitrogens with zero attached hydrogens (tertiary/aromatic N) is 1. The van der Waals surface area contributed by atoms with E-state index in [9.17, 15) is 4.79 Å². The average Bonchev–Trinajstić information content (AvgIpc) is 2.38. The molecule has 1 aliphatic rings. The Morgan fingerprint density at radius 2 is 2.11 bits per heavy atom. The highest BCUT2D eigenvalue weighted by atomic mass is 79.9. The minimum atomic E-state index is 0. The second-order valence-electron chi connectivity index (χ2n) is 4.82.